The van der Waals surface area contributed by atoms with Crippen LogP contribution in [0.1, 0.15) is 15.9 Å². The smallest absolute Gasteiger partial charge is 0.253 e. The van der Waals surface area contributed by atoms with Gasteiger partial charge in [-0.2, -0.15) is 0 Å². The van der Waals surface area contributed by atoms with Crippen LogP contribution in [-0.2, 0) is 6.42 Å². The Bertz CT molecular complexity index is 584. The molecule has 0 spiro atoms. The van der Waals surface area contributed by atoms with Crippen LogP contribution in [0.3, 0.4) is 0 Å². The Morgan fingerprint density at radius 2 is 2.00 bits per heavy atom. The fraction of sp³-hybridized carbons (Fsp3) is 0.200. The molecule has 2 rings (SSSR count). The number of aromatic nitrogens is 1. The van der Waals surface area contributed by atoms with Crippen molar-refractivity contribution in [2.45, 2.75) is 6.42 Å². The van der Waals surface area contributed by atoms with Gasteiger partial charge >= 0.3 is 0 Å². The second-order valence-electron chi connectivity index (χ2n) is 4.42. The number of nitrogens with zero attached hydrogens (tertiary/aromatic N) is 1. The Hall–Kier alpha value is -2.56. The van der Waals surface area contributed by atoms with Crippen LogP contribution in [0.15, 0.2) is 42.7 Å². The molecule has 1 aromatic heterocycles. The average molecular weight is 270 g/mol. The molecule has 5 heteroatoms. The number of benzene rings is 1. The van der Waals surface area contributed by atoms with Crippen molar-refractivity contribution in [1.29, 1.82) is 0 Å². The molecule has 0 saturated carbocycles. The van der Waals surface area contributed by atoms with E-state index in [0.717, 1.165) is 18.7 Å². The van der Waals surface area contributed by atoms with Gasteiger partial charge in [0.25, 0.3) is 5.91 Å². The van der Waals surface area contributed by atoms with E-state index in [4.69, 9.17) is 5.73 Å². The van der Waals surface area contributed by atoms with Gasteiger partial charge < -0.3 is 16.4 Å². The zero-order valence-electron chi connectivity index (χ0n) is 11.4. The van der Waals surface area contributed by atoms with Crippen LogP contribution in [0.2, 0.25) is 0 Å². The largest absolute Gasteiger partial charge is 0.399 e. The number of nitrogen functional groups attached to an aromatic ring is 1. The molecular weight excluding hydrogens is 252 g/mol. The number of nitrogens with one attached hydrogen (secondary N) is 2. The molecule has 0 fully saturated rings. The summed E-state index contributed by atoms with van der Waals surface area (Å²) in [7, 11) is 1.61. The van der Waals surface area contributed by atoms with E-state index >= 15 is 0 Å². The topological polar surface area (TPSA) is 80.0 Å². The third-order valence-electron chi connectivity index (χ3n) is 2.99. The van der Waals surface area contributed by atoms with Gasteiger partial charge in [-0.1, -0.05) is 0 Å². The molecule has 2 aromatic rings. The van der Waals surface area contributed by atoms with Crippen LogP contribution in [0.25, 0.3) is 0 Å². The number of amides is 1. The van der Waals surface area contributed by atoms with Gasteiger partial charge in [-0.3, -0.25) is 9.78 Å². The first-order valence-corrected chi connectivity index (χ1v) is 6.45. The van der Waals surface area contributed by atoms with Gasteiger partial charge in [-0.15, -0.1) is 0 Å². The second-order valence-corrected chi connectivity index (χ2v) is 4.42. The lowest BCUT2D eigenvalue weighted by atomic mass is 10.1. The molecule has 0 atom stereocenters. The van der Waals surface area contributed by atoms with Gasteiger partial charge in [0.1, 0.15) is 0 Å². The number of pyridine rings is 1. The molecule has 0 aliphatic carbocycles. The lowest BCUT2D eigenvalue weighted by Crippen LogP contribution is -2.20. The fourth-order valence-electron chi connectivity index (χ4n) is 1.93. The summed E-state index contributed by atoms with van der Waals surface area (Å²) in [6.45, 7) is 0.720. The highest BCUT2D eigenvalue weighted by molar-refractivity contribution is 6.00. The summed E-state index contributed by atoms with van der Waals surface area (Å²) in [6, 6.07) is 9.17. The Morgan fingerprint density at radius 3 is 2.70 bits per heavy atom. The molecule has 20 heavy (non-hydrogen) atoms. The van der Waals surface area contributed by atoms with Crippen molar-refractivity contribution in [3.05, 3.63) is 53.9 Å². The predicted octanol–water partition coefficient (Wildman–Crippen LogP) is 1.68. The Morgan fingerprint density at radius 1 is 1.25 bits per heavy atom. The van der Waals surface area contributed by atoms with E-state index in [0.29, 0.717) is 11.3 Å². The van der Waals surface area contributed by atoms with Crippen molar-refractivity contribution in [2.75, 3.05) is 24.6 Å². The third-order valence-corrected chi connectivity index (χ3v) is 2.99. The molecule has 1 heterocycles. The molecule has 0 bridgehead atoms. The van der Waals surface area contributed by atoms with Crippen LogP contribution in [0, 0.1) is 0 Å². The first-order chi connectivity index (χ1) is 9.70. The van der Waals surface area contributed by atoms with Crippen LogP contribution in [-0.4, -0.2) is 24.5 Å². The quantitative estimate of drug-likeness (QED) is 0.722. The number of anilines is 2. The highest BCUT2D eigenvalue weighted by Crippen LogP contribution is 2.19. The number of hydrogen-bond acceptors (Lipinski definition) is 4. The van der Waals surface area contributed by atoms with Gasteiger partial charge in [-0.05, 0) is 42.3 Å². The van der Waals surface area contributed by atoms with E-state index in [-0.39, 0.29) is 5.91 Å². The molecule has 0 unspecified atom stereocenters. The minimum atomic E-state index is -0.128. The van der Waals surface area contributed by atoms with Gasteiger partial charge in [0.05, 0.1) is 5.56 Å². The lowest BCUT2D eigenvalue weighted by Gasteiger charge is -2.12. The minimum Gasteiger partial charge on any atom is -0.399 e. The van der Waals surface area contributed by atoms with Gasteiger partial charge in [0.15, 0.2) is 0 Å². The number of carbonyl (C=O) groups excluding carboxylic acids is 1. The van der Waals surface area contributed by atoms with Crippen molar-refractivity contribution >= 4 is 17.3 Å². The summed E-state index contributed by atoms with van der Waals surface area (Å²) in [6.07, 6.45) is 4.39. The molecule has 1 amide bonds. The zero-order chi connectivity index (χ0) is 14.4. The highest BCUT2D eigenvalue weighted by atomic mass is 16.1. The van der Waals surface area contributed by atoms with E-state index < -0.39 is 0 Å². The Balaban J connectivity index is 2.05. The van der Waals surface area contributed by atoms with Crippen LogP contribution in [0.5, 0.6) is 0 Å². The molecule has 0 radical (unpaired) electrons. The van der Waals surface area contributed by atoms with Crippen molar-refractivity contribution < 1.29 is 4.79 Å². The van der Waals surface area contributed by atoms with E-state index in [2.05, 4.69) is 15.6 Å². The van der Waals surface area contributed by atoms with Crippen molar-refractivity contribution in [2.24, 2.45) is 0 Å². The summed E-state index contributed by atoms with van der Waals surface area (Å²) in [5.41, 5.74) is 8.94. The molecule has 5 nitrogen and oxygen atoms in total. The van der Waals surface area contributed by atoms with Crippen molar-refractivity contribution in [3.63, 3.8) is 0 Å². The number of rotatable bonds is 5. The summed E-state index contributed by atoms with van der Waals surface area (Å²) in [5.74, 6) is -0.128. The molecule has 1 aromatic carbocycles. The summed E-state index contributed by atoms with van der Waals surface area (Å²) in [5, 5.41) is 5.88. The lowest BCUT2D eigenvalue weighted by molar-refractivity contribution is 0.0964. The molecule has 0 aliphatic heterocycles. The number of nitrogens with two attached hydrogens (primary N) is 1. The molecule has 4 N–H and O–H groups in total. The highest BCUT2D eigenvalue weighted by Gasteiger charge is 2.09. The predicted molar refractivity (Wildman–Crippen MR) is 80.7 cm³/mol. The number of hydrogen-bond donors (Lipinski definition) is 3. The zero-order valence-corrected chi connectivity index (χ0v) is 11.4. The third kappa shape index (κ3) is 3.47. The summed E-state index contributed by atoms with van der Waals surface area (Å²) >= 11 is 0. The molecular formula is C15H18N4O. The van der Waals surface area contributed by atoms with Crippen LogP contribution < -0.4 is 16.4 Å². The average Bonchev–Trinajstić information content (AvgIpc) is 2.48. The monoisotopic (exact) mass is 270 g/mol. The Labute approximate surface area is 118 Å². The maximum atomic E-state index is 11.8. The SMILES string of the molecule is CNC(=O)c1ccc(N)cc1NCCc1ccncc1. The normalized spacial score (nSPS) is 10.1. The van der Waals surface area contributed by atoms with Crippen LogP contribution >= 0.6 is 0 Å². The van der Waals surface area contributed by atoms with E-state index in [1.165, 1.54) is 5.56 Å². The van der Waals surface area contributed by atoms with Crippen LogP contribution in [0.4, 0.5) is 11.4 Å². The van der Waals surface area contributed by atoms with Gasteiger partial charge in [-0.25, -0.2) is 0 Å². The molecule has 0 aliphatic rings. The molecule has 104 valence electrons. The van der Waals surface area contributed by atoms with Gasteiger partial charge in [0.2, 0.25) is 0 Å². The van der Waals surface area contributed by atoms with E-state index in [1.54, 1.807) is 37.6 Å². The first-order valence-electron chi connectivity index (χ1n) is 6.45. The Kier molecular flexibility index (Phi) is 4.55. The first kappa shape index (κ1) is 13.9. The second kappa shape index (κ2) is 6.56. The standard InChI is InChI=1S/C15H18N4O/c1-17-15(20)13-3-2-12(16)10-14(13)19-9-6-11-4-7-18-8-5-11/h2-5,7-8,10,19H,6,9,16H2,1H3,(H,17,20). The van der Waals surface area contributed by atoms with Gasteiger partial charge in [0, 0.05) is 37.4 Å². The summed E-state index contributed by atoms with van der Waals surface area (Å²) < 4.78 is 0. The molecule has 0 saturated heterocycles. The summed E-state index contributed by atoms with van der Waals surface area (Å²) in [4.78, 5) is 15.8. The maximum Gasteiger partial charge on any atom is 0.253 e. The minimum absolute atomic E-state index is 0.128. The van der Waals surface area contributed by atoms with Crippen molar-refractivity contribution in [3.8, 4) is 0 Å². The maximum absolute atomic E-state index is 11.8. The van der Waals surface area contributed by atoms with E-state index in [9.17, 15) is 4.79 Å². The van der Waals surface area contributed by atoms with Crippen molar-refractivity contribution in [1.82, 2.24) is 10.3 Å². The number of carbonyl (C=O) groups is 1. The fourth-order valence-corrected chi connectivity index (χ4v) is 1.93. The van der Waals surface area contributed by atoms with E-state index in [1.807, 2.05) is 12.1 Å².